The van der Waals surface area contributed by atoms with Crippen LogP contribution in [0, 0.1) is 0 Å². The van der Waals surface area contributed by atoms with Crippen LogP contribution in [0.5, 0.6) is 0 Å². The molecule has 2 heteroatoms. The maximum Gasteiger partial charge on any atom is 0.0406 e. The number of anilines is 1. The molecule has 1 unspecified atom stereocenters. The second-order valence-corrected chi connectivity index (χ2v) is 6.44. The highest BCUT2D eigenvalue weighted by Crippen LogP contribution is 2.36. The van der Waals surface area contributed by atoms with E-state index in [4.69, 9.17) is 5.73 Å². The number of nitrogens with zero attached hydrogens (tertiary/aromatic N) is 1. The van der Waals surface area contributed by atoms with Gasteiger partial charge in [-0.15, -0.1) is 0 Å². The fourth-order valence-electron chi connectivity index (χ4n) is 2.89. The SMILES string of the molecule is CC(C)c1ccccc1N1CC(N)CCC1(C)C. The van der Waals surface area contributed by atoms with Crippen molar-refractivity contribution in [2.24, 2.45) is 5.73 Å². The van der Waals surface area contributed by atoms with E-state index in [1.54, 1.807) is 0 Å². The van der Waals surface area contributed by atoms with Crippen molar-refractivity contribution in [1.82, 2.24) is 0 Å². The van der Waals surface area contributed by atoms with Crippen LogP contribution in [-0.2, 0) is 0 Å². The van der Waals surface area contributed by atoms with Crippen molar-refractivity contribution in [3.8, 4) is 0 Å². The molecule has 0 aliphatic carbocycles. The molecule has 0 radical (unpaired) electrons. The van der Waals surface area contributed by atoms with Gasteiger partial charge in [-0.25, -0.2) is 0 Å². The molecule has 18 heavy (non-hydrogen) atoms. The minimum atomic E-state index is 0.209. The molecule has 1 aromatic carbocycles. The highest BCUT2D eigenvalue weighted by atomic mass is 15.2. The van der Waals surface area contributed by atoms with Crippen LogP contribution in [0.25, 0.3) is 0 Å². The Balaban J connectivity index is 2.40. The van der Waals surface area contributed by atoms with Crippen LogP contribution >= 0.6 is 0 Å². The molecule has 0 saturated carbocycles. The molecule has 1 fully saturated rings. The summed E-state index contributed by atoms with van der Waals surface area (Å²) in [5, 5.41) is 0. The lowest BCUT2D eigenvalue weighted by atomic mass is 9.86. The van der Waals surface area contributed by atoms with Crippen LogP contribution in [0.15, 0.2) is 24.3 Å². The Morgan fingerprint density at radius 2 is 1.94 bits per heavy atom. The molecule has 0 amide bonds. The zero-order valence-corrected chi connectivity index (χ0v) is 12.1. The number of hydrogen-bond donors (Lipinski definition) is 1. The lowest BCUT2D eigenvalue weighted by Gasteiger charge is -2.47. The largest absolute Gasteiger partial charge is 0.365 e. The van der Waals surface area contributed by atoms with E-state index in [1.165, 1.54) is 17.7 Å². The zero-order chi connectivity index (χ0) is 13.3. The lowest BCUT2D eigenvalue weighted by Crippen LogP contribution is -2.54. The van der Waals surface area contributed by atoms with Crippen LogP contribution in [0.2, 0.25) is 0 Å². The van der Waals surface area contributed by atoms with Gasteiger partial charge in [0.25, 0.3) is 0 Å². The Hall–Kier alpha value is -1.02. The van der Waals surface area contributed by atoms with Crippen molar-refractivity contribution in [2.45, 2.75) is 58.0 Å². The van der Waals surface area contributed by atoms with E-state index in [2.05, 4.69) is 56.9 Å². The zero-order valence-electron chi connectivity index (χ0n) is 12.1. The first-order valence-electron chi connectivity index (χ1n) is 7.04. The van der Waals surface area contributed by atoms with Crippen molar-refractivity contribution in [2.75, 3.05) is 11.4 Å². The van der Waals surface area contributed by atoms with Gasteiger partial charge in [0, 0.05) is 23.8 Å². The monoisotopic (exact) mass is 246 g/mol. The van der Waals surface area contributed by atoms with Gasteiger partial charge in [-0.2, -0.15) is 0 Å². The van der Waals surface area contributed by atoms with Gasteiger partial charge in [0.15, 0.2) is 0 Å². The van der Waals surface area contributed by atoms with Crippen molar-refractivity contribution >= 4 is 5.69 Å². The number of benzene rings is 1. The third-order valence-electron chi connectivity index (χ3n) is 4.12. The first-order chi connectivity index (χ1) is 8.42. The summed E-state index contributed by atoms with van der Waals surface area (Å²) in [5.41, 5.74) is 9.18. The number of piperidine rings is 1. The molecule has 100 valence electrons. The lowest BCUT2D eigenvalue weighted by molar-refractivity contribution is 0.334. The Bertz CT molecular complexity index is 409. The molecular weight excluding hydrogens is 220 g/mol. The Morgan fingerprint density at radius 1 is 1.28 bits per heavy atom. The van der Waals surface area contributed by atoms with Gasteiger partial charge in [-0.05, 0) is 44.2 Å². The first-order valence-corrected chi connectivity index (χ1v) is 7.04. The summed E-state index contributed by atoms with van der Waals surface area (Å²) in [6.07, 6.45) is 2.30. The van der Waals surface area contributed by atoms with Gasteiger partial charge in [0.05, 0.1) is 0 Å². The minimum absolute atomic E-state index is 0.209. The third-order valence-corrected chi connectivity index (χ3v) is 4.12. The molecular formula is C16H26N2. The van der Waals surface area contributed by atoms with Gasteiger partial charge in [0.2, 0.25) is 0 Å². The molecule has 1 heterocycles. The van der Waals surface area contributed by atoms with Gasteiger partial charge in [0.1, 0.15) is 0 Å². The minimum Gasteiger partial charge on any atom is -0.365 e. The van der Waals surface area contributed by atoms with Crippen LogP contribution < -0.4 is 10.6 Å². The maximum absolute atomic E-state index is 6.17. The number of hydrogen-bond acceptors (Lipinski definition) is 2. The topological polar surface area (TPSA) is 29.3 Å². The Kier molecular flexibility index (Phi) is 3.67. The van der Waals surface area contributed by atoms with E-state index in [-0.39, 0.29) is 5.54 Å². The highest BCUT2D eigenvalue weighted by molar-refractivity contribution is 5.57. The van der Waals surface area contributed by atoms with Gasteiger partial charge in [-0.3, -0.25) is 0 Å². The number of nitrogens with two attached hydrogens (primary N) is 1. The average molecular weight is 246 g/mol. The Morgan fingerprint density at radius 3 is 2.61 bits per heavy atom. The standard InChI is InChI=1S/C16H26N2/c1-12(2)14-7-5-6-8-15(14)18-11-13(17)9-10-16(18,3)4/h5-8,12-13H,9-11,17H2,1-4H3. The number of para-hydroxylation sites is 1. The van der Waals surface area contributed by atoms with Crippen molar-refractivity contribution in [3.05, 3.63) is 29.8 Å². The summed E-state index contributed by atoms with van der Waals surface area (Å²) in [5.74, 6) is 0.551. The molecule has 2 nitrogen and oxygen atoms in total. The van der Waals surface area contributed by atoms with E-state index in [0.717, 1.165) is 13.0 Å². The predicted octanol–water partition coefficient (Wildman–Crippen LogP) is 3.52. The second kappa shape index (κ2) is 4.93. The third kappa shape index (κ3) is 2.54. The summed E-state index contributed by atoms with van der Waals surface area (Å²) < 4.78 is 0. The van der Waals surface area contributed by atoms with E-state index in [0.29, 0.717) is 12.0 Å². The van der Waals surface area contributed by atoms with Gasteiger partial charge in [-0.1, -0.05) is 32.0 Å². The van der Waals surface area contributed by atoms with E-state index >= 15 is 0 Å². The summed E-state index contributed by atoms with van der Waals surface area (Å²) in [7, 11) is 0. The molecule has 1 atom stereocenters. The molecule has 1 aliphatic rings. The van der Waals surface area contributed by atoms with Crippen molar-refractivity contribution in [3.63, 3.8) is 0 Å². The van der Waals surface area contributed by atoms with E-state index in [9.17, 15) is 0 Å². The summed E-state index contributed by atoms with van der Waals surface area (Å²) in [6, 6.07) is 9.07. The normalized spacial score (nSPS) is 23.4. The fourth-order valence-corrected chi connectivity index (χ4v) is 2.89. The number of rotatable bonds is 2. The van der Waals surface area contributed by atoms with Crippen LogP contribution in [0.3, 0.4) is 0 Å². The maximum atomic E-state index is 6.17. The second-order valence-electron chi connectivity index (χ2n) is 6.44. The molecule has 1 aromatic rings. The molecule has 1 aliphatic heterocycles. The molecule has 2 rings (SSSR count). The van der Waals surface area contributed by atoms with Gasteiger partial charge < -0.3 is 10.6 Å². The van der Waals surface area contributed by atoms with Crippen LogP contribution in [-0.4, -0.2) is 18.1 Å². The van der Waals surface area contributed by atoms with Crippen LogP contribution in [0.4, 0.5) is 5.69 Å². The van der Waals surface area contributed by atoms with Crippen molar-refractivity contribution in [1.29, 1.82) is 0 Å². The van der Waals surface area contributed by atoms with Crippen molar-refractivity contribution < 1.29 is 0 Å². The fraction of sp³-hybridized carbons (Fsp3) is 0.625. The molecule has 0 bridgehead atoms. The quantitative estimate of drug-likeness (QED) is 0.865. The smallest absolute Gasteiger partial charge is 0.0406 e. The summed E-state index contributed by atoms with van der Waals surface area (Å²) in [4.78, 5) is 2.51. The van der Waals surface area contributed by atoms with E-state index < -0.39 is 0 Å². The summed E-state index contributed by atoms with van der Waals surface area (Å²) >= 11 is 0. The predicted molar refractivity (Wildman–Crippen MR) is 79.2 cm³/mol. The van der Waals surface area contributed by atoms with E-state index in [1.807, 2.05) is 0 Å². The highest BCUT2D eigenvalue weighted by Gasteiger charge is 2.34. The molecule has 2 N–H and O–H groups in total. The first kappa shape index (κ1) is 13.4. The molecule has 1 saturated heterocycles. The molecule has 0 aromatic heterocycles. The molecule has 0 spiro atoms. The van der Waals surface area contributed by atoms with Gasteiger partial charge >= 0.3 is 0 Å². The van der Waals surface area contributed by atoms with Crippen LogP contribution in [0.1, 0.15) is 52.0 Å². The summed E-state index contributed by atoms with van der Waals surface area (Å²) in [6.45, 7) is 10.1. The average Bonchev–Trinajstić information content (AvgIpc) is 2.32. The Labute approximate surface area is 111 Å².